The first-order chi connectivity index (χ1) is 7.88. The molecule has 5 heteroatoms. The van der Waals surface area contributed by atoms with Crippen LogP contribution in [0.2, 0.25) is 0 Å². The number of carbonyl (C=O) groups is 1. The minimum Gasteiger partial charge on any atom is -0.465 e. The first kappa shape index (κ1) is 13.7. The predicted molar refractivity (Wildman–Crippen MR) is 65.3 cm³/mol. The molecule has 1 aromatic heterocycles. The van der Waals surface area contributed by atoms with E-state index in [2.05, 4.69) is 30.7 Å². The van der Waals surface area contributed by atoms with Crippen molar-refractivity contribution >= 4 is 5.97 Å². The van der Waals surface area contributed by atoms with Gasteiger partial charge in [-0.25, -0.2) is 4.98 Å². The molecule has 0 fully saturated rings. The van der Waals surface area contributed by atoms with Crippen LogP contribution in [0.1, 0.15) is 32.9 Å². The van der Waals surface area contributed by atoms with Crippen molar-refractivity contribution in [3.05, 3.63) is 18.2 Å². The topological polar surface area (TPSA) is 81.0 Å². The fraction of sp³-hybridized carbons (Fsp3) is 0.667. The van der Waals surface area contributed by atoms with Crippen molar-refractivity contribution in [1.29, 1.82) is 0 Å². The van der Waals surface area contributed by atoms with Crippen LogP contribution < -0.4 is 5.73 Å². The molecule has 1 rings (SSSR count). The third-order valence-corrected chi connectivity index (χ3v) is 2.39. The number of imidazole rings is 1. The van der Waals surface area contributed by atoms with Crippen LogP contribution >= 0.6 is 0 Å². The summed E-state index contributed by atoms with van der Waals surface area (Å²) in [6.45, 7) is 6.72. The average Bonchev–Trinajstić information content (AvgIpc) is 2.68. The number of aromatic amines is 1. The van der Waals surface area contributed by atoms with E-state index in [1.54, 1.807) is 12.5 Å². The lowest BCUT2D eigenvalue weighted by molar-refractivity contribution is -0.145. The number of aromatic nitrogens is 2. The monoisotopic (exact) mass is 239 g/mol. The molecule has 3 N–H and O–H groups in total. The second kappa shape index (κ2) is 5.82. The summed E-state index contributed by atoms with van der Waals surface area (Å²) in [5, 5.41) is 0. The molecule has 0 amide bonds. The molecule has 0 saturated carbocycles. The van der Waals surface area contributed by atoms with Crippen LogP contribution in [0.15, 0.2) is 12.5 Å². The van der Waals surface area contributed by atoms with Crippen molar-refractivity contribution in [2.24, 2.45) is 11.1 Å². The Balaban J connectivity index is 2.28. The first-order valence-electron chi connectivity index (χ1n) is 5.78. The van der Waals surface area contributed by atoms with E-state index in [9.17, 15) is 4.79 Å². The molecule has 0 aliphatic heterocycles. The van der Waals surface area contributed by atoms with E-state index >= 15 is 0 Å². The maximum atomic E-state index is 11.6. The van der Waals surface area contributed by atoms with Gasteiger partial charge in [0.1, 0.15) is 6.04 Å². The number of rotatable bonds is 5. The van der Waals surface area contributed by atoms with Gasteiger partial charge in [-0.1, -0.05) is 20.8 Å². The first-order valence-corrected chi connectivity index (χ1v) is 5.78. The molecule has 0 aliphatic carbocycles. The lowest BCUT2D eigenvalue weighted by Crippen LogP contribution is -2.35. The maximum absolute atomic E-state index is 11.6. The normalized spacial score (nSPS) is 13.4. The van der Waals surface area contributed by atoms with E-state index in [-0.39, 0.29) is 11.4 Å². The van der Waals surface area contributed by atoms with Gasteiger partial charge in [0.05, 0.1) is 12.9 Å². The number of H-pyrrole nitrogens is 1. The molecule has 5 nitrogen and oxygen atoms in total. The summed E-state index contributed by atoms with van der Waals surface area (Å²) in [5.74, 6) is -0.358. The van der Waals surface area contributed by atoms with E-state index in [0.29, 0.717) is 13.0 Å². The van der Waals surface area contributed by atoms with E-state index in [1.807, 2.05) is 0 Å². The van der Waals surface area contributed by atoms with Gasteiger partial charge >= 0.3 is 5.97 Å². The fourth-order valence-electron chi connectivity index (χ4n) is 1.28. The number of nitrogens with two attached hydrogens (primary N) is 1. The molecule has 0 aromatic carbocycles. The van der Waals surface area contributed by atoms with Gasteiger partial charge in [0, 0.05) is 18.3 Å². The van der Waals surface area contributed by atoms with Gasteiger partial charge in [-0.2, -0.15) is 0 Å². The second-order valence-corrected chi connectivity index (χ2v) is 5.37. The number of ether oxygens (including phenoxy) is 1. The zero-order valence-corrected chi connectivity index (χ0v) is 10.7. The van der Waals surface area contributed by atoms with Gasteiger partial charge < -0.3 is 15.5 Å². The van der Waals surface area contributed by atoms with Crippen molar-refractivity contribution in [3.63, 3.8) is 0 Å². The highest BCUT2D eigenvalue weighted by Crippen LogP contribution is 2.18. The average molecular weight is 239 g/mol. The number of hydrogen-bond acceptors (Lipinski definition) is 4. The lowest BCUT2D eigenvalue weighted by Gasteiger charge is -2.18. The van der Waals surface area contributed by atoms with Crippen LogP contribution in [0.4, 0.5) is 0 Å². The Labute approximate surface area is 102 Å². The molecule has 1 atom stereocenters. The van der Waals surface area contributed by atoms with E-state index in [1.165, 1.54) is 0 Å². The number of hydrogen-bond donors (Lipinski definition) is 2. The lowest BCUT2D eigenvalue weighted by atomic mass is 9.93. The predicted octanol–water partition coefficient (Wildman–Crippen LogP) is 1.26. The summed E-state index contributed by atoms with van der Waals surface area (Å²) in [4.78, 5) is 18.3. The highest BCUT2D eigenvalue weighted by Gasteiger charge is 2.17. The van der Waals surface area contributed by atoms with Crippen molar-refractivity contribution in [1.82, 2.24) is 9.97 Å². The highest BCUT2D eigenvalue weighted by molar-refractivity contribution is 5.75. The Bertz CT molecular complexity index is 341. The van der Waals surface area contributed by atoms with Gasteiger partial charge in [0.15, 0.2) is 0 Å². The molecule has 1 heterocycles. The molecule has 17 heavy (non-hydrogen) atoms. The Morgan fingerprint density at radius 2 is 2.29 bits per heavy atom. The Morgan fingerprint density at radius 1 is 1.59 bits per heavy atom. The summed E-state index contributed by atoms with van der Waals surface area (Å²) >= 11 is 0. The van der Waals surface area contributed by atoms with Crippen LogP contribution in [0.25, 0.3) is 0 Å². The van der Waals surface area contributed by atoms with Crippen LogP contribution in [0.3, 0.4) is 0 Å². The fourth-order valence-corrected chi connectivity index (χ4v) is 1.28. The minimum atomic E-state index is -0.629. The highest BCUT2D eigenvalue weighted by atomic mass is 16.5. The SMILES string of the molecule is CC(C)(C)CCOC(=O)[C@@H](N)Cc1cnc[nH]1. The maximum Gasteiger partial charge on any atom is 0.323 e. The van der Waals surface area contributed by atoms with Crippen molar-refractivity contribution < 1.29 is 9.53 Å². The second-order valence-electron chi connectivity index (χ2n) is 5.37. The van der Waals surface area contributed by atoms with Gasteiger partial charge in [-0.3, -0.25) is 4.79 Å². The molecule has 96 valence electrons. The number of esters is 1. The summed E-state index contributed by atoms with van der Waals surface area (Å²) in [6, 6.07) is -0.629. The molecule has 0 bridgehead atoms. The van der Waals surface area contributed by atoms with Crippen molar-refractivity contribution in [2.45, 2.75) is 39.7 Å². The number of carbonyl (C=O) groups excluding carboxylic acids is 1. The van der Waals surface area contributed by atoms with Crippen molar-refractivity contribution in [3.8, 4) is 0 Å². The van der Waals surface area contributed by atoms with Gasteiger partial charge in [0.25, 0.3) is 0 Å². The van der Waals surface area contributed by atoms with Crippen LogP contribution in [0.5, 0.6) is 0 Å². The molecule has 0 aliphatic rings. The Hall–Kier alpha value is -1.36. The van der Waals surface area contributed by atoms with E-state index in [4.69, 9.17) is 10.5 Å². The molecule has 0 spiro atoms. The minimum absolute atomic E-state index is 0.160. The number of nitrogens with one attached hydrogen (secondary N) is 1. The Kier molecular flexibility index (Phi) is 4.69. The van der Waals surface area contributed by atoms with E-state index < -0.39 is 6.04 Å². The quantitative estimate of drug-likeness (QED) is 0.758. The summed E-state index contributed by atoms with van der Waals surface area (Å²) in [5.41, 5.74) is 6.73. The Morgan fingerprint density at radius 3 is 2.82 bits per heavy atom. The molecule has 1 aromatic rings. The summed E-state index contributed by atoms with van der Waals surface area (Å²) < 4.78 is 5.13. The molecule has 0 radical (unpaired) electrons. The molecular formula is C12H21N3O2. The third kappa shape index (κ3) is 5.49. The summed E-state index contributed by atoms with van der Waals surface area (Å²) in [7, 11) is 0. The standard InChI is InChI=1S/C12H21N3O2/c1-12(2,3)4-5-17-11(16)10(13)6-9-7-14-8-15-9/h7-8,10H,4-6,13H2,1-3H3,(H,14,15)/t10-/m0/s1. The van der Waals surface area contributed by atoms with Crippen LogP contribution in [-0.4, -0.2) is 28.6 Å². The van der Waals surface area contributed by atoms with E-state index in [0.717, 1.165) is 12.1 Å². The molecular weight excluding hydrogens is 218 g/mol. The summed E-state index contributed by atoms with van der Waals surface area (Å²) in [6.07, 6.45) is 4.47. The van der Waals surface area contributed by atoms with Gasteiger partial charge in [-0.05, 0) is 11.8 Å². The van der Waals surface area contributed by atoms with Gasteiger partial charge in [-0.15, -0.1) is 0 Å². The zero-order chi connectivity index (χ0) is 12.9. The third-order valence-electron chi connectivity index (χ3n) is 2.39. The number of nitrogens with zero attached hydrogens (tertiary/aromatic N) is 1. The smallest absolute Gasteiger partial charge is 0.323 e. The van der Waals surface area contributed by atoms with Gasteiger partial charge in [0.2, 0.25) is 0 Å². The van der Waals surface area contributed by atoms with Crippen molar-refractivity contribution in [2.75, 3.05) is 6.61 Å². The van der Waals surface area contributed by atoms with Crippen LogP contribution in [-0.2, 0) is 16.0 Å². The molecule has 0 unspecified atom stereocenters. The van der Waals surface area contributed by atoms with Crippen LogP contribution in [0, 0.1) is 5.41 Å². The largest absolute Gasteiger partial charge is 0.465 e. The molecule has 0 saturated heterocycles. The zero-order valence-electron chi connectivity index (χ0n) is 10.7.